The van der Waals surface area contributed by atoms with Crippen LogP contribution in [0.4, 0.5) is 11.4 Å². The number of ether oxygens (including phenoxy) is 2. The lowest BCUT2D eigenvalue weighted by atomic mass is 10.0. The van der Waals surface area contributed by atoms with Crippen LogP contribution in [0, 0.1) is 5.92 Å². The zero-order valence-electron chi connectivity index (χ0n) is 17.0. The number of aryl methyl sites for hydroxylation is 2. The zero-order valence-corrected chi connectivity index (χ0v) is 17.0. The van der Waals surface area contributed by atoms with Gasteiger partial charge in [0.1, 0.15) is 13.2 Å². The summed E-state index contributed by atoms with van der Waals surface area (Å²) in [7, 11) is 0. The van der Waals surface area contributed by atoms with Crippen LogP contribution in [0.1, 0.15) is 17.5 Å². The van der Waals surface area contributed by atoms with E-state index in [-0.39, 0.29) is 18.2 Å². The number of hydrogen-bond donors (Lipinski definition) is 1. The molecule has 31 heavy (non-hydrogen) atoms. The summed E-state index contributed by atoms with van der Waals surface area (Å²) in [4.78, 5) is 27.4. The Balaban J connectivity index is 1.23. The molecule has 6 heteroatoms. The van der Waals surface area contributed by atoms with Gasteiger partial charge in [0.15, 0.2) is 11.5 Å². The maximum atomic E-state index is 13.1. The lowest BCUT2D eigenvalue weighted by molar-refractivity contribution is -0.122. The van der Waals surface area contributed by atoms with E-state index in [1.807, 2.05) is 30.3 Å². The Labute approximate surface area is 179 Å². The van der Waals surface area contributed by atoms with E-state index in [9.17, 15) is 9.59 Å². The molecule has 2 amide bonds. The first-order valence-corrected chi connectivity index (χ1v) is 10.7. The molecule has 3 aliphatic rings. The predicted octanol–water partition coefficient (Wildman–Crippen LogP) is 3.70. The second-order valence-corrected chi connectivity index (χ2v) is 8.33. The van der Waals surface area contributed by atoms with Crippen molar-refractivity contribution in [1.29, 1.82) is 0 Å². The molecule has 3 aromatic rings. The largest absolute Gasteiger partial charge is 0.486 e. The standard InChI is InChI=1S/C25H22N2O4/c28-23-12-17(14-27(23)18-7-9-21-22(13-18)31-11-10-30-21)25(29)26-20-8-6-16-5-4-15-2-1-3-19(20)24(15)16/h1-3,6-9,13,17H,4-5,10-12,14H2,(H,26,29). The first-order valence-electron chi connectivity index (χ1n) is 10.7. The molecule has 0 aromatic heterocycles. The van der Waals surface area contributed by atoms with Crippen molar-refractivity contribution in [3.63, 3.8) is 0 Å². The van der Waals surface area contributed by atoms with E-state index in [1.165, 1.54) is 16.5 Å². The number of hydrogen-bond acceptors (Lipinski definition) is 4. The Morgan fingerprint density at radius 2 is 1.77 bits per heavy atom. The topological polar surface area (TPSA) is 67.9 Å². The van der Waals surface area contributed by atoms with Crippen molar-refractivity contribution in [1.82, 2.24) is 0 Å². The zero-order chi connectivity index (χ0) is 20.9. The van der Waals surface area contributed by atoms with Gasteiger partial charge in [-0.3, -0.25) is 9.59 Å². The minimum Gasteiger partial charge on any atom is -0.486 e. The molecule has 6 rings (SSSR count). The first kappa shape index (κ1) is 18.2. The monoisotopic (exact) mass is 414 g/mol. The van der Waals surface area contributed by atoms with Crippen molar-refractivity contribution in [2.24, 2.45) is 5.92 Å². The minimum atomic E-state index is -0.399. The summed E-state index contributed by atoms with van der Waals surface area (Å²) >= 11 is 0. The molecule has 0 spiro atoms. The molecule has 3 aromatic carbocycles. The summed E-state index contributed by atoms with van der Waals surface area (Å²) < 4.78 is 11.2. The van der Waals surface area contributed by atoms with Crippen LogP contribution in [0.2, 0.25) is 0 Å². The molecule has 0 radical (unpaired) electrons. The number of fused-ring (bicyclic) bond motifs is 1. The lowest BCUT2D eigenvalue weighted by Crippen LogP contribution is -2.28. The van der Waals surface area contributed by atoms with Gasteiger partial charge in [0.25, 0.3) is 0 Å². The van der Waals surface area contributed by atoms with E-state index in [0.29, 0.717) is 31.3 Å². The number of benzene rings is 3. The van der Waals surface area contributed by atoms with Crippen LogP contribution in [0.15, 0.2) is 48.5 Å². The predicted molar refractivity (Wildman–Crippen MR) is 118 cm³/mol. The molecule has 1 atom stereocenters. The van der Waals surface area contributed by atoms with Crippen LogP contribution in [0.5, 0.6) is 11.5 Å². The summed E-state index contributed by atoms with van der Waals surface area (Å²) in [5.41, 5.74) is 4.22. The van der Waals surface area contributed by atoms with E-state index in [1.54, 1.807) is 4.90 Å². The first-order chi connectivity index (χ1) is 15.2. The maximum Gasteiger partial charge on any atom is 0.229 e. The van der Waals surface area contributed by atoms with Crippen LogP contribution in [0.25, 0.3) is 10.8 Å². The van der Waals surface area contributed by atoms with Crippen molar-refractivity contribution < 1.29 is 19.1 Å². The summed E-state index contributed by atoms with van der Waals surface area (Å²) in [6.45, 7) is 1.36. The van der Waals surface area contributed by atoms with Gasteiger partial charge in [0, 0.05) is 35.8 Å². The van der Waals surface area contributed by atoms with Crippen LogP contribution in [-0.4, -0.2) is 31.6 Å². The molecular formula is C25H22N2O4. The summed E-state index contributed by atoms with van der Waals surface area (Å²) in [6, 6.07) is 15.8. The average Bonchev–Trinajstić information content (AvgIpc) is 3.40. The Morgan fingerprint density at radius 3 is 2.65 bits per heavy atom. The van der Waals surface area contributed by atoms with Gasteiger partial charge in [-0.25, -0.2) is 0 Å². The molecule has 2 aliphatic heterocycles. The molecule has 1 fully saturated rings. The van der Waals surface area contributed by atoms with E-state index in [4.69, 9.17) is 9.47 Å². The van der Waals surface area contributed by atoms with Gasteiger partial charge in [-0.05, 0) is 47.6 Å². The number of nitrogens with one attached hydrogen (secondary N) is 1. The summed E-state index contributed by atoms with van der Waals surface area (Å²) in [6.07, 6.45) is 2.29. The highest BCUT2D eigenvalue weighted by molar-refractivity contribution is 6.08. The number of carbonyl (C=O) groups excluding carboxylic acids is 2. The van der Waals surface area contributed by atoms with E-state index < -0.39 is 5.92 Å². The second-order valence-electron chi connectivity index (χ2n) is 8.33. The van der Waals surface area contributed by atoms with Gasteiger partial charge < -0.3 is 19.7 Å². The Bertz CT molecular complexity index is 1230. The average molecular weight is 414 g/mol. The molecule has 1 saturated heterocycles. The molecule has 1 unspecified atom stereocenters. The highest BCUT2D eigenvalue weighted by Gasteiger charge is 2.36. The maximum absolute atomic E-state index is 13.1. The number of rotatable bonds is 3. The highest BCUT2D eigenvalue weighted by atomic mass is 16.6. The quantitative estimate of drug-likeness (QED) is 0.710. The fourth-order valence-corrected chi connectivity index (χ4v) is 4.92. The fourth-order valence-electron chi connectivity index (χ4n) is 4.92. The molecule has 0 bridgehead atoms. The molecule has 6 nitrogen and oxygen atoms in total. The van der Waals surface area contributed by atoms with E-state index >= 15 is 0 Å². The molecule has 1 N–H and O–H groups in total. The molecule has 156 valence electrons. The smallest absolute Gasteiger partial charge is 0.229 e. The van der Waals surface area contributed by atoms with Crippen LogP contribution in [0.3, 0.4) is 0 Å². The van der Waals surface area contributed by atoms with Crippen molar-refractivity contribution in [3.8, 4) is 11.5 Å². The third-order valence-corrected chi connectivity index (χ3v) is 6.47. The molecular weight excluding hydrogens is 392 g/mol. The summed E-state index contributed by atoms with van der Waals surface area (Å²) in [5, 5.41) is 5.43. The Kier molecular flexibility index (Phi) is 4.13. The Morgan fingerprint density at radius 1 is 0.968 bits per heavy atom. The van der Waals surface area contributed by atoms with Crippen LogP contribution >= 0.6 is 0 Å². The number of nitrogens with zero attached hydrogens (tertiary/aromatic N) is 1. The lowest BCUT2D eigenvalue weighted by Gasteiger charge is -2.22. The van der Waals surface area contributed by atoms with Gasteiger partial charge in [0.05, 0.1) is 5.92 Å². The van der Waals surface area contributed by atoms with Gasteiger partial charge in [0.2, 0.25) is 11.8 Å². The van der Waals surface area contributed by atoms with Gasteiger partial charge in [-0.1, -0.05) is 24.3 Å². The number of anilines is 2. The third-order valence-electron chi connectivity index (χ3n) is 6.47. The van der Waals surface area contributed by atoms with E-state index in [2.05, 4.69) is 23.5 Å². The van der Waals surface area contributed by atoms with Gasteiger partial charge >= 0.3 is 0 Å². The second kappa shape index (κ2) is 7.01. The highest BCUT2D eigenvalue weighted by Crippen LogP contribution is 2.37. The van der Waals surface area contributed by atoms with Crippen molar-refractivity contribution in [2.45, 2.75) is 19.3 Å². The Hall–Kier alpha value is -3.54. The normalized spacial score (nSPS) is 19.2. The van der Waals surface area contributed by atoms with Gasteiger partial charge in [-0.2, -0.15) is 0 Å². The van der Waals surface area contributed by atoms with E-state index in [0.717, 1.165) is 29.6 Å². The van der Waals surface area contributed by atoms with Crippen LogP contribution in [-0.2, 0) is 22.4 Å². The molecule has 1 aliphatic carbocycles. The van der Waals surface area contributed by atoms with Crippen molar-refractivity contribution >= 4 is 34.0 Å². The third kappa shape index (κ3) is 3.02. The minimum absolute atomic E-state index is 0.0581. The van der Waals surface area contributed by atoms with Crippen molar-refractivity contribution in [3.05, 3.63) is 59.7 Å². The number of carbonyl (C=O) groups is 2. The fraction of sp³-hybridized carbons (Fsp3) is 0.280. The SMILES string of the molecule is O=C(Nc1ccc2c3c(cccc13)CC2)C1CC(=O)N(c2ccc3c(c2)OCCO3)C1. The van der Waals surface area contributed by atoms with Gasteiger partial charge in [-0.15, -0.1) is 0 Å². The van der Waals surface area contributed by atoms with Crippen molar-refractivity contribution in [2.75, 3.05) is 30.0 Å². The van der Waals surface area contributed by atoms with Crippen LogP contribution < -0.4 is 19.7 Å². The molecule has 2 heterocycles. The summed E-state index contributed by atoms with van der Waals surface area (Å²) in [5.74, 6) is 0.744. The number of amides is 2. The molecule has 0 saturated carbocycles.